The molecule has 2 aromatic carbocycles. The molecule has 0 unspecified atom stereocenters. The molecule has 0 aliphatic rings. The Morgan fingerprint density at radius 1 is 1.05 bits per heavy atom. The first-order valence-corrected chi connectivity index (χ1v) is 7.08. The summed E-state index contributed by atoms with van der Waals surface area (Å²) in [5.41, 5.74) is 3.15. The van der Waals surface area contributed by atoms with Gasteiger partial charge in [0.25, 0.3) is 0 Å². The maximum absolute atomic E-state index is 5.37. The molecule has 1 heterocycles. The number of hydrogen-bond acceptors (Lipinski definition) is 3. The minimum Gasteiger partial charge on any atom is -0.378 e. The van der Waals surface area contributed by atoms with Gasteiger partial charge in [0.05, 0.1) is 0 Å². The third kappa shape index (κ3) is 2.60. The number of aromatic nitrogens is 3. The minimum absolute atomic E-state index is 0.589. The summed E-state index contributed by atoms with van der Waals surface area (Å²) in [7, 11) is 4.04. The summed E-state index contributed by atoms with van der Waals surface area (Å²) in [6.45, 7) is 0. The van der Waals surface area contributed by atoms with Gasteiger partial charge in [0.2, 0.25) is 0 Å². The molecule has 1 N–H and O–H groups in total. The van der Waals surface area contributed by atoms with Crippen molar-refractivity contribution < 1.29 is 0 Å². The normalized spacial score (nSPS) is 10.6. The van der Waals surface area contributed by atoms with Crippen LogP contribution in [0.15, 0.2) is 54.6 Å². The summed E-state index contributed by atoms with van der Waals surface area (Å²) < 4.78 is 2.54. The summed E-state index contributed by atoms with van der Waals surface area (Å²) in [6, 6.07) is 18.2. The second-order valence-electron chi connectivity index (χ2n) is 4.97. The van der Waals surface area contributed by atoms with E-state index in [1.807, 2.05) is 61.1 Å². The average molecular weight is 296 g/mol. The number of benzene rings is 2. The van der Waals surface area contributed by atoms with Crippen molar-refractivity contribution >= 4 is 17.9 Å². The van der Waals surface area contributed by atoms with Gasteiger partial charge in [0.1, 0.15) is 0 Å². The fourth-order valence-electron chi connectivity index (χ4n) is 2.23. The zero-order valence-electron chi connectivity index (χ0n) is 11.9. The lowest BCUT2D eigenvalue weighted by Gasteiger charge is -2.13. The Hall–Kier alpha value is -2.40. The number of rotatable bonds is 3. The molecular formula is C16H16N4S. The lowest BCUT2D eigenvalue weighted by molar-refractivity contribution is 1.04. The molecule has 106 valence electrons. The average Bonchev–Trinajstić information content (AvgIpc) is 2.90. The van der Waals surface area contributed by atoms with E-state index in [0.29, 0.717) is 4.77 Å². The highest BCUT2D eigenvalue weighted by molar-refractivity contribution is 7.71. The smallest absolute Gasteiger partial charge is 0.200 e. The Morgan fingerprint density at radius 2 is 1.81 bits per heavy atom. The van der Waals surface area contributed by atoms with Crippen LogP contribution in [0.4, 0.5) is 5.69 Å². The quantitative estimate of drug-likeness (QED) is 0.749. The molecule has 3 rings (SSSR count). The molecule has 0 saturated carbocycles. The fourth-order valence-corrected chi connectivity index (χ4v) is 2.47. The highest BCUT2D eigenvalue weighted by atomic mass is 32.1. The summed E-state index contributed by atoms with van der Waals surface area (Å²) >= 11 is 5.37. The van der Waals surface area contributed by atoms with Crippen LogP contribution in [0.2, 0.25) is 0 Å². The van der Waals surface area contributed by atoms with E-state index in [0.717, 1.165) is 22.8 Å². The highest BCUT2D eigenvalue weighted by Gasteiger charge is 2.11. The van der Waals surface area contributed by atoms with Crippen molar-refractivity contribution in [3.63, 3.8) is 0 Å². The van der Waals surface area contributed by atoms with Crippen LogP contribution in [0.5, 0.6) is 0 Å². The van der Waals surface area contributed by atoms with Crippen LogP contribution in [-0.2, 0) is 0 Å². The van der Waals surface area contributed by atoms with Gasteiger partial charge in [-0.1, -0.05) is 30.3 Å². The fraction of sp³-hybridized carbons (Fsp3) is 0.125. The van der Waals surface area contributed by atoms with Gasteiger partial charge in [-0.3, -0.25) is 9.67 Å². The molecule has 0 atom stereocenters. The molecule has 0 amide bonds. The number of H-pyrrole nitrogens is 1. The number of anilines is 1. The largest absolute Gasteiger partial charge is 0.378 e. The Kier molecular flexibility index (Phi) is 3.58. The van der Waals surface area contributed by atoms with Gasteiger partial charge in [-0.05, 0) is 36.5 Å². The van der Waals surface area contributed by atoms with Gasteiger partial charge in [-0.15, -0.1) is 0 Å². The zero-order valence-corrected chi connectivity index (χ0v) is 12.8. The number of nitrogens with zero attached hydrogens (tertiary/aromatic N) is 3. The van der Waals surface area contributed by atoms with Crippen LogP contribution < -0.4 is 4.90 Å². The van der Waals surface area contributed by atoms with E-state index in [4.69, 9.17) is 12.2 Å². The van der Waals surface area contributed by atoms with Crippen molar-refractivity contribution in [2.24, 2.45) is 0 Å². The number of aromatic amines is 1. The first-order valence-electron chi connectivity index (χ1n) is 6.67. The van der Waals surface area contributed by atoms with Crippen molar-refractivity contribution in [2.45, 2.75) is 0 Å². The lowest BCUT2D eigenvalue weighted by atomic mass is 10.1. The van der Waals surface area contributed by atoms with Gasteiger partial charge in [0.15, 0.2) is 10.6 Å². The Labute approximate surface area is 128 Å². The molecule has 21 heavy (non-hydrogen) atoms. The number of nitrogens with one attached hydrogen (secondary N) is 1. The van der Waals surface area contributed by atoms with Crippen LogP contribution in [0.3, 0.4) is 0 Å². The summed E-state index contributed by atoms with van der Waals surface area (Å²) in [4.78, 5) is 2.07. The standard InChI is InChI=1S/C16H16N4S/c1-19(2)14-10-6-7-12(11-14)15-17-18-16(21)20(15)13-8-4-3-5-9-13/h3-11H,1-2H3,(H,18,21). The van der Waals surface area contributed by atoms with E-state index in [1.54, 1.807) is 0 Å². The van der Waals surface area contributed by atoms with Crippen molar-refractivity contribution in [2.75, 3.05) is 19.0 Å². The maximum Gasteiger partial charge on any atom is 0.200 e. The van der Waals surface area contributed by atoms with Gasteiger partial charge >= 0.3 is 0 Å². The highest BCUT2D eigenvalue weighted by Crippen LogP contribution is 2.24. The molecule has 0 saturated heterocycles. The van der Waals surface area contributed by atoms with Gasteiger partial charge in [-0.25, -0.2) is 0 Å². The monoisotopic (exact) mass is 296 g/mol. The van der Waals surface area contributed by atoms with Gasteiger partial charge in [-0.2, -0.15) is 5.10 Å². The van der Waals surface area contributed by atoms with E-state index < -0.39 is 0 Å². The Morgan fingerprint density at radius 3 is 2.52 bits per heavy atom. The van der Waals surface area contributed by atoms with Crippen molar-refractivity contribution in [3.8, 4) is 17.1 Å². The van der Waals surface area contributed by atoms with Crippen LogP contribution >= 0.6 is 12.2 Å². The number of para-hydroxylation sites is 1. The first kappa shape index (κ1) is 13.6. The molecular weight excluding hydrogens is 280 g/mol. The zero-order chi connectivity index (χ0) is 14.8. The SMILES string of the molecule is CN(C)c1cccc(-c2n[nH]c(=S)n2-c2ccccc2)c1. The molecule has 3 aromatic rings. The van der Waals surface area contributed by atoms with Gasteiger partial charge < -0.3 is 4.90 Å². The van der Waals surface area contributed by atoms with Crippen LogP contribution in [0.25, 0.3) is 17.1 Å². The van der Waals surface area contributed by atoms with E-state index in [2.05, 4.69) is 27.2 Å². The van der Waals surface area contributed by atoms with Crippen LogP contribution in [0.1, 0.15) is 0 Å². The predicted molar refractivity (Wildman–Crippen MR) is 88.5 cm³/mol. The third-order valence-electron chi connectivity index (χ3n) is 3.31. The maximum atomic E-state index is 5.37. The van der Waals surface area contributed by atoms with Crippen molar-refractivity contribution in [1.82, 2.24) is 14.8 Å². The van der Waals surface area contributed by atoms with Crippen LogP contribution in [-0.4, -0.2) is 28.9 Å². The van der Waals surface area contributed by atoms with E-state index in [9.17, 15) is 0 Å². The molecule has 0 bridgehead atoms. The summed E-state index contributed by atoms with van der Waals surface area (Å²) in [5.74, 6) is 0.815. The summed E-state index contributed by atoms with van der Waals surface area (Å²) in [6.07, 6.45) is 0. The molecule has 0 aliphatic carbocycles. The van der Waals surface area contributed by atoms with Crippen molar-refractivity contribution in [1.29, 1.82) is 0 Å². The molecule has 0 aliphatic heterocycles. The lowest BCUT2D eigenvalue weighted by Crippen LogP contribution is -2.08. The second-order valence-corrected chi connectivity index (χ2v) is 5.35. The topological polar surface area (TPSA) is 36.9 Å². The van der Waals surface area contributed by atoms with E-state index >= 15 is 0 Å². The molecule has 0 spiro atoms. The van der Waals surface area contributed by atoms with Crippen molar-refractivity contribution in [3.05, 3.63) is 59.4 Å². The van der Waals surface area contributed by atoms with E-state index in [1.165, 1.54) is 0 Å². The van der Waals surface area contributed by atoms with E-state index in [-0.39, 0.29) is 0 Å². The predicted octanol–water partition coefficient (Wildman–Crippen LogP) is 3.66. The summed E-state index contributed by atoms with van der Waals surface area (Å²) in [5, 5.41) is 7.28. The van der Waals surface area contributed by atoms with Crippen LogP contribution in [0, 0.1) is 4.77 Å². The number of hydrogen-bond donors (Lipinski definition) is 1. The van der Waals surface area contributed by atoms with Gasteiger partial charge in [0, 0.05) is 31.0 Å². The minimum atomic E-state index is 0.589. The molecule has 0 radical (unpaired) electrons. The molecule has 5 heteroatoms. The molecule has 0 fully saturated rings. The molecule has 1 aromatic heterocycles. The third-order valence-corrected chi connectivity index (χ3v) is 3.58. The molecule has 4 nitrogen and oxygen atoms in total. The second kappa shape index (κ2) is 5.54. The Bertz CT molecular complexity index is 802. The first-order chi connectivity index (χ1) is 10.2. The Balaban J connectivity index is 2.17.